The Bertz CT molecular complexity index is 421. The van der Waals surface area contributed by atoms with Gasteiger partial charge in [0.15, 0.2) is 5.13 Å². The Morgan fingerprint density at radius 1 is 1.53 bits per heavy atom. The number of nitrogens with zero attached hydrogens (tertiary/aromatic N) is 2. The van der Waals surface area contributed by atoms with E-state index in [-0.39, 0.29) is 5.60 Å². The summed E-state index contributed by atoms with van der Waals surface area (Å²) in [5, 5.41) is 1.12. The Hall–Kier alpha value is -0.650. The maximum Gasteiger partial charge on any atom is 0.185 e. The lowest BCUT2D eigenvalue weighted by atomic mass is 9.95. The second-order valence-electron chi connectivity index (χ2n) is 5.50. The first kappa shape index (κ1) is 14.8. The van der Waals surface area contributed by atoms with Crippen LogP contribution in [0.1, 0.15) is 43.7 Å². The van der Waals surface area contributed by atoms with Crippen molar-refractivity contribution in [2.24, 2.45) is 5.73 Å². The summed E-state index contributed by atoms with van der Waals surface area (Å²) in [4.78, 5) is 8.40. The molecule has 0 saturated carbocycles. The molecule has 2 heterocycles. The molecule has 1 unspecified atom stereocenters. The van der Waals surface area contributed by atoms with E-state index in [1.54, 1.807) is 18.4 Å². The summed E-state index contributed by atoms with van der Waals surface area (Å²) >= 11 is 1.75. The number of ether oxygens (including phenoxy) is 1. The van der Waals surface area contributed by atoms with Gasteiger partial charge in [0, 0.05) is 31.6 Å². The van der Waals surface area contributed by atoms with Crippen molar-refractivity contribution in [2.45, 2.75) is 51.7 Å². The number of aryl methyl sites for hydroxylation is 1. The van der Waals surface area contributed by atoms with Gasteiger partial charge in [0.25, 0.3) is 0 Å². The highest BCUT2D eigenvalue weighted by atomic mass is 32.1. The zero-order valence-electron chi connectivity index (χ0n) is 12.2. The van der Waals surface area contributed by atoms with Crippen LogP contribution in [0.4, 0.5) is 5.13 Å². The monoisotopic (exact) mass is 283 g/mol. The van der Waals surface area contributed by atoms with E-state index in [1.165, 1.54) is 10.6 Å². The summed E-state index contributed by atoms with van der Waals surface area (Å²) < 4.78 is 5.65. The molecule has 0 spiro atoms. The van der Waals surface area contributed by atoms with Crippen molar-refractivity contribution < 1.29 is 4.74 Å². The Morgan fingerprint density at radius 2 is 2.32 bits per heavy atom. The summed E-state index contributed by atoms with van der Waals surface area (Å²) in [5.41, 5.74) is 6.98. The Morgan fingerprint density at radius 3 is 2.95 bits per heavy atom. The van der Waals surface area contributed by atoms with Gasteiger partial charge in [-0.1, -0.05) is 13.3 Å². The number of aromatic nitrogens is 1. The number of anilines is 1. The van der Waals surface area contributed by atoms with Gasteiger partial charge in [-0.2, -0.15) is 0 Å². The zero-order chi connectivity index (χ0) is 13.9. The number of hydrogen-bond donors (Lipinski definition) is 1. The molecule has 0 radical (unpaired) electrons. The van der Waals surface area contributed by atoms with Gasteiger partial charge in [-0.05, 0) is 26.2 Å². The van der Waals surface area contributed by atoms with Crippen molar-refractivity contribution in [3.8, 4) is 0 Å². The predicted octanol–water partition coefficient (Wildman–Crippen LogP) is 2.56. The van der Waals surface area contributed by atoms with E-state index in [2.05, 4.69) is 18.7 Å². The quantitative estimate of drug-likeness (QED) is 0.902. The lowest BCUT2D eigenvalue weighted by Crippen LogP contribution is -2.47. The third-order valence-electron chi connectivity index (χ3n) is 3.86. The van der Waals surface area contributed by atoms with Gasteiger partial charge >= 0.3 is 0 Å². The van der Waals surface area contributed by atoms with Crippen molar-refractivity contribution in [2.75, 3.05) is 25.1 Å². The molecule has 0 aliphatic carbocycles. The molecule has 1 saturated heterocycles. The molecule has 1 aromatic heterocycles. The first-order valence-electron chi connectivity index (χ1n) is 7.10. The van der Waals surface area contributed by atoms with Crippen LogP contribution in [0, 0.1) is 0 Å². The third kappa shape index (κ3) is 3.27. The summed E-state index contributed by atoms with van der Waals surface area (Å²) in [5.74, 6) is 0. The normalized spacial score (nSPS) is 23.9. The van der Waals surface area contributed by atoms with Gasteiger partial charge in [-0.25, -0.2) is 4.98 Å². The molecule has 0 aromatic carbocycles. The average Bonchev–Trinajstić information content (AvgIpc) is 2.82. The summed E-state index contributed by atoms with van der Waals surface area (Å²) in [6, 6.07) is 0. The predicted molar refractivity (Wildman–Crippen MR) is 80.9 cm³/mol. The molecule has 4 nitrogen and oxygen atoms in total. The maximum atomic E-state index is 5.83. The van der Waals surface area contributed by atoms with Crippen LogP contribution in [0.3, 0.4) is 0 Å². The number of methoxy groups -OCH3 is 1. The Labute approximate surface area is 120 Å². The van der Waals surface area contributed by atoms with Gasteiger partial charge in [0.2, 0.25) is 0 Å². The molecule has 1 fully saturated rings. The van der Waals surface area contributed by atoms with Crippen LogP contribution in [0.2, 0.25) is 0 Å². The molecule has 2 rings (SSSR count). The van der Waals surface area contributed by atoms with Crippen molar-refractivity contribution >= 4 is 16.5 Å². The second-order valence-corrected chi connectivity index (χ2v) is 6.56. The van der Waals surface area contributed by atoms with E-state index in [1.807, 2.05) is 0 Å². The Kier molecular flexibility index (Phi) is 4.81. The Balaban J connectivity index is 2.17. The molecule has 1 aliphatic rings. The molecule has 2 N–H and O–H groups in total. The molecular formula is C14H25N3OS. The van der Waals surface area contributed by atoms with Crippen molar-refractivity contribution in [1.82, 2.24) is 4.98 Å². The van der Waals surface area contributed by atoms with E-state index in [9.17, 15) is 0 Å². The topological polar surface area (TPSA) is 51.4 Å². The first-order chi connectivity index (χ1) is 9.11. The fourth-order valence-electron chi connectivity index (χ4n) is 2.63. The SMILES string of the molecule is CCCc1nc(N2CCCC(C)(OC)C2)sc1CN. The van der Waals surface area contributed by atoms with Crippen LogP contribution < -0.4 is 10.6 Å². The van der Waals surface area contributed by atoms with Crippen LogP contribution in [-0.2, 0) is 17.7 Å². The molecular weight excluding hydrogens is 258 g/mol. The molecule has 108 valence electrons. The van der Waals surface area contributed by atoms with Crippen LogP contribution >= 0.6 is 11.3 Å². The molecule has 19 heavy (non-hydrogen) atoms. The first-order valence-corrected chi connectivity index (χ1v) is 7.92. The van der Waals surface area contributed by atoms with Crippen LogP contribution in [0.15, 0.2) is 0 Å². The minimum atomic E-state index is -0.0439. The average molecular weight is 283 g/mol. The minimum Gasteiger partial charge on any atom is -0.377 e. The number of nitrogens with two attached hydrogens (primary N) is 1. The largest absolute Gasteiger partial charge is 0.377 e. The lowest BCUT2D eigenvalue weighted by molar-refractivity contribution is -0.00466. The van der Waals surface area contributed by atoms with E-state index in [0.717, 1.165) is 43.9 Å². The van der Waals surface area contributed by atoms with Crippen molar-refractivity contribution in [3.63, 3.8) is 0 Å². The molecule has 1 aromatic rings. The van der Waals surface area contributed by atoms with Crippen LogP contribution in [0.25, 0.3) is 0 Å². The molecule has 1 aliphatic heterocycles. The van der Waals surface area contributed by atoms with E-state index in [0.29, 0.717) is 6.54 Å². The molecule has 1 atom stereocenters. The maximum absolute atomic E-state index is 5.83. The lowest BCUT2D eigenvalue weighted by Gasteiger charge is -2.39. The molecule has 5 heteroatoms. The van der Waals surface area contributed by atoms with Gasteiger partial charge in [0.05, 0.1) is 11.3 Å². The number of hydrogen-bond acceptors (Lipinski definition) is 5. The number of piperidine rings is 1. The van der Waals surface area contributed by atoms with Gasteiger partial charge in [-0.3, -0.25) is 0 Å². The van der Waals surface area contributed by atoms with Crippen molar-refractivity contribution in [1.29, 1.82) is 0 Å². The fraction of sp³-hybridized carbons (Fsp3) is 0.786. The van der Waals surface area contributed by atoms with E-state index in [4.69, 9.17) is 15.5 Å². The summed E-state index contributed by atoms with van der Waals surface area (Å²) in [7, 11) is 1.80. The van der Waals surface area contributed by atoms with Crippen molar-refractivity contribution in [3.05, 3.63) is 10.6 Å². The zero-order valence-corrected chi connectivity index (χ0v) is 13.1. The van der Waals surface area contributed by atoms with Crippen LogP contribution in [-0.4, -0.2) is 30.8 Å². The third-order valence-corrected chi connectivity index (χ3v) is 5.04. The van der Waals surface area contributed by atoms with Crippen LogP contribution in [0.5, 0.6) is 0 Å². The highest BCUT2D eigenvalue weighted by Gasteiger charge is 2.32. The summed E-state index contributed by atoms with van der Waals surface area (Å²) in [6.07, 6.45) is 4.42. The summed E-state index contributed by atoms with van der Waals surface area (Å²) in [6.45, 7) is 6.96. The van der Waals surface area contributed by atoms with E-state index >= 15 is 0 Å². The smallest absolute Gasteiger partial charge is 0.185 e. The highest BCUT2D eigenvalue weighted by molar-refractivity contribution is 7.15. The minimum absolute atomic E-state index is 0.0439. The van der Waals surface area contributed by atoms with Gasteiger partial charge in [0.1, 0.15) is 0 Å². The molecule has 0 amide bonds. The van der Waals surface area contributed by atoms with Gasteiger partial charge in [-0.15, -0.1) is 11.3 Å². The number of thiazole rings is 1. The standard InChI is InChI=1S/C14H25N3OS/c1-4-6-11-12(9-15)19-13(16-11)17-8-5-7-14(2,10-17)18-3/h4-10,15H2,1-3H3. The molecule has 0 bridgehead atoms. The number of rotatable bonds is 5. The fourth-order valence-corrected chi connectivity index (χ4v) is 3.64. The second kappa shape index (κ2) is 6.20. The highest BCUT2D eigenvalue weighted by Crippen LogP contribution is 2.32. The van der Waals surface area contributed by atoms with Gasteiger partial charge < -0.3 is 15.4 Å². The van der Waals surface area contributed by atoms with E-state index < -0.39 is 0 Å².